The van der Waals surface area contributed by atoms with Crippen molar-refractivity contribution < 1.29 is 55.9 Å². The van der Waals surface area contributed by atoms with Crippen molar-refractivity contribution >= 4 is 35.7 Å². The number of aliphatic hydroxyl groups excluding tert-OH is 1. The topological polar surface area (TPSA) is 218 Å². The summed E-state index contributed by atoms with van der Waals surface area (Å²) in [6.07, 6.45) is -1.27. The predicted octanol–water partition coefficient (Wildman–Crippen LogP) is 0.728. The number of alkyl halides is 1. The van der Waals surface area contributed by atoms with Gasteiger partial charge in [-0.2, -0.15) is 8.62 Å². The molecule has 1 heterocycles. The van der Waals surface area contributed by atoms with Crippen LogP contribution in [0.15, 0.2) is 17.1 Å². The molecule has 0 amide bonds. The molecule has 1 aromatic heterocycles. The van der Waals surface area contributed by atoms with Crippen molar-refractivity contribution in [2.45, 2.75) is 31.7 Å². The van der Waals surface area contributed by atoms with E-state index in [0.29, 0.717) is 0 Å². The summed E-state index contributed by atoms with van der Waals surface area (Å²) >= 11 is 4.73. The highest BCUT2D eigenvalue weighted by molar-refractivity contribution is 7.71. The summed E-state index contributed by atoms with van der Waals surface area (Å²) in [4.78, 5) is 49.0. The highest BCUT2D eigenvalue weighted by Gasteiger charge is 2.41. The van der Waals surface area contributed by atoms with Gasteiger partial charge in [-0.3, -0.25) is 14.1 Å². The van der Waals surface area contributed by atoms with Gasteiger partial charge in [0.2, 0.25) is 0 Å². The average Bonchev–Trinajstić information content (AvgIpc) is 2.45. The van der Waals surface area contributed by atoms with Crippen LogP contribution in [-0.4, -0.2) is 52.6 Å². The number of nitrogens with zero attached hydrogens (tertiary/aromatic N) is 1. The van der Waals surface area contributed by atoms with Gasteiger partial charge in [0.15, 0.2) is 5.67 Å². The second kappa shape index (κ2) is 9.69. The van der Waals surface area contributed by atoms with Gasteiger partial charge in [0.1, 0.15) is 4.64 Å². The Hall–Kier alpha value is -0.600. The van der Waals surface area contributed by atoms with Gasteiger partial charge in [-0.05, 0) is 13.0 Å². The Morgan fingerprint density at radius 2 is 1.83 bits per heavy atom. The summed E-state index contributed by atoms with van der Waals surface area (Å²) in [7, 11) is -16.6. The number of aliphatic hydroxyl groups is 1. The molecule has 1 rings (SSSR count). The summed E-state index contributed by atoms with van der Waals surface area (Å²) in [5.74, 6) is 0. The normalized spacial score (nSPS) is 19.7. The van der Waals surface area contributed by atoms with Crippen LogP contribution in [0.2, 0.25) is 0 Å². The number of rotatable bonds is 11. The Bertz CT molecular complexity index is 973. The van der Waals surface area contributed by atoms with Crippen molar-refractivity contribution in [2.24, 2.45) is 0 Å². The molecule has 0 saturated carbocycles. The van der Waals surface area contributed by atoms with E-state index in [0.717, 1.165) is 11.5 Å². The van der Waals surface area contributed by atoms with Crippen LogP contribution < -0.4 is 5.69 Å². The molecule has 3 unspecified atom stereocenters. The number of hydrogen-bond acceptors (Lipinski definition) is 9. The molecule has 168 valence electrons. The summed E-state index contributed by atoms with van der Waals surface area (Å²) in [6.45, 7) is -0.554. The van der Waals surface area contributed by atoms with E-state index in [9.17, 15) is 32.9 Å². The van der Waals surface area contributed by atoms with Gasteiger partial charge < -0.3 is 24.7 Å². The number of halogens is 1. The van der Waals surface area contributed by atoms with E-state index in [1.165, 1.54) is 12.3 Å². The minimum atomic E-state index is -5.68. The molecule has 0 saturated heterocycles. The van der Waals surface area contributed by atoms with Crippen molar-refractivity contribution in [3.63, 3.8) is 0 Å². The predicted molar refractivity (Wildman–Crippen MR) is 95.8 cm³/mol. The van der Waals surface area contributed by atoms with Crippen LogP contribution in [0, 0.1) is 4.64 Å². The lowest BCUT2D eigenvalue weighted by Crippen LogP contribution is -2.42. The summed E-state index contributed by atoms with van der Waals surface area (Å²) in [5.41, 5.74) is -3.15. The van der Waals surface area contributed by atoms with Crippen molar-refractivity contribution in [1.29, 1.82) is 0 Å². The molecule has 4 atom stereocenters. The van der Waals surface area contributed by atoms with Gasteiger partial charge in [0.25, 0.3) is 0 Å². The van der Waals surface area contributed by atoms with E-state index in [1.807, 2.05) is 0 Å². The molecule has 6 N–H and O–H groups in total. The smallest absolute Gasteiger partial charge is 0.390 e. The van der Waals surface area contributed by atoms with Crippen molar-refractivity contribution in [1.82, 2.24) is 9.55 Å². The van der Waals surface area contributed by atoms with Crippen molar-refractivity contribution in [3.05, 3.63) is 27.4 Å². The van der Waals surface area contributed by atoms with Crippen molar-refractivity contribution in [3.8, 4) is 0 Å². The van der Waals surface area contributed by atoms with Crippen LogP contribution >= 0.6 is 35.7 Å². The molecule has 0 radical (unpaired) electrons. The largest absolute Gasteiger partial charge is 0.490 e. The van der Waals surface area contributed by atoms with Crippen LogP contribution in [-0.2, 0) is 33.4 Å². The fraction of sp³-hybridized carbons (Fsp3) is 0.600. The Morgan fingerprint density at radius 3 is 2.34 bits per heavy atom. The van der Waals surface area contributed by atoms with Gasteiger partial charge in [0.05, 0.1) is 19.3 Å². The van der Waals surface area contributed by atoms with E-state index in [2.05, 4.69) is 18.1 Å². The first kappa shape index (κ1) is 26.4. The molecule has 0 aromatic carbocycles. The SMILES string of the molecule is CC(F)(Cn1ccc(=S)[nH]c1=O)[C@@H](O)CCOP(=O)(O)OP(=O)(O)OP(=O)(O)O. The first-order chi connectivity index (χ1) is 12.9. The zero-order chi connectivity index (χ0) is 22.7. The molecule has 0 spiro atoms. The third-order valence-electron chi connectivity index (χ3n) is 3.13. The standard InChI is InChI=1S/C10H18FN2O12P3S/c1-10(11,6-13-4-2-8(29)12-9(13)15)7(14)3-5-23-27(19,20)25-28(21,22)24-26(16,17)18/h2,4,7,14H,3,5-6H2,1H3,(H,19,20)(H,21,22)(H,12,15,29)(H2,16,17,18)/t7-,10?/m0/s1. The maximum absolute atomic E-state index is 14.7. The van der Waals surface area contributed by atoms with E-state index in [1.54, 1.807) is 0 Å². The van der Waals surface area contributed by atoms with Gasteiger partial charge in [-0.25, -0.2) is 22.9 Å². The van der Waals surface area contributed by atoms with Gasteiger partial charge in [-0.1, -0.05) is 12.2 Å². The Labute approximate surface area is 167 Å². The zero-order valence-corrected chi connectivity index (χ0v) is 18.0. The number of aromatic amines is 1. The minimum absolute atomic E-state index is 0.114. The molecule has 0 bridgehead atoms. The molecular weight excluding hydrogens is 484 g/mol. The fourth-order valence-electron chi connectivity index (χ4n) is 1.89. The molecule has 29 heavy (non-hydrogen) atoms. The van der Waals surface area contributed by atoms with Crippen LogP contribution in [0.5, 0.6) is 0 Å². The second-order valence-corrected chi connectivity index (χ2v) is 10.6. The molecule has 14 nitrogen and oxygen atoms in total. The number of H-pyrrole nitrogens is 1. The highest BCUT2D eigenvalue weighted by atomic mass is 32.1. The molecule has 0 aliphatic carbocycles. The highest BCUT2D eigenvalue weighted by Crippen LogP contribution is 2.66. The van der Waals surface area contributed by atoms with E-state index >= 15 is 0 Å². The Morgan fingerprint density at radius 1 is 1.24 bits per heavy atom. The molecule has 19 heteroatoms. The van der Waals surface area contributed by atoms with Gasteiger partial charge in [-0.15, -0.1) is 0 Å². The van der Waals surface area contributed by atoms with E-state index in [-0.39, 0.29) is 4.64 Å². The second-order valence-electron chi connectivity index (χ2n) is 5.74. The zero-order valence-electron chi connectivity index (χ0n) is 14.5. The quantitative estimate of drug-likeness (QED) is 0.182. The first-order valence-electron chi connectivity index (χ1n) is 7.38. The van der Waals surface area contributed by atoms with Crippen LogP contribution in [0.25, 0.3) is 0 Å². The summed E-state index contributed by atoms with van der Waals surface area (Å²) in [5, 5.41) is 9.92. The third kappa shape index (κ3) is 9.83. The van der Waals surface area contributed by atoms with Crippen LogP contribution in [0.3, 0.4) is 0 Å². The molecule has 1 aromatic rings. The molecule has 0 fully saturated rings. The van der Waals surface area contributed by atoms with Crippen LogP contribution in [0.4, 0.5) is 4.39 Å². The maximum atomic E-state index is 14.7. The van der Waals surface area contributed by atoms with E-state index in [4.69, 9.17) is 26.9 Å². The number of phosphoric acid groups is 3. The van der Waals surface area contributed by atoms with Crippen LogP contribution in [0.1, 0.15) is 13.3 Å². The van der Waals surface area contributed by atoms with Gasteiger partial charge in [0, 0.05) is 12.6 Å². The summed E-state index contributed by atoms with van der Waals surface area (Å²) in [6, 6.07) is 1.31. The first-order valence-corrected chi connectivity index (χ1v) is 12.3. The fourth-order valence-corrected chi connectivity index (χ4v) is 5.07. The Kier molecular flexibility index (Phi) is 8.83. The number of phosphoric ester groups is 1. The maximum Gasteiger partial charge on any atom is 0.490 e. The lowest BCUT2D eigenvalue weighted by atomic mass is 9.98. The summed E-state index contributed by atoms with van der Waals surface area (Å²) < 4.78 is 60.1. The number of aromatic nitrogens is 2. The molecule has 0 aliphatic heterocycles. The lowest BCUT2D eigenvalue weighted by molar-refractivity contribution is -0.0212. The number of hydrogen-bond donors (Lipinski definition) is 6. The van der Waals surface area contributed by atoms with E-state index < -0.39 is 60.5 Å². The number of nitrogens with one attached hydrogen (secondary N) is 1. The lowest BCUT2D eigenvalue weighted by Gasteiger charge is -2.27. The third-order valence-corrected chi connectivity index (χ3v) is 7.21. The molecule has 0 aliphatic rings. The average molecular weight is 502 g/mol. The molecular formula is C10H18FN2O12P3S. The minimum Gasteiger partial charge on any atom is -0.390 e. The monoisotopic (exact) mass is 502 g/mol. The van der Waals surface area contributed by atoms with Crippen molar-refractivity contribution in [2.75, 3.05) is 6.61 Å². The van der Waals surface area contributed by atoms with Gasteiger partial charge >= 0.3 is 29.2 Å². The Balaban J connectivity index is 2.66.